The van der Waals surface area contributed by atoms with Gasteiger partial charge in [0.2, 0.25) is 5.91 Å². The van der Waals surface area contributed by atoms with E-state index in [0.717, 1.165) is 16.7 Å². The third-order valence-electron chi connectivity index (χ3n) is 4.90. The Hall–Kier alpha value is -2.83. The number of hydrazine groups is 1. The van der Waals surface area contributed by atoms with E-state index in [1.165, 1.54) is 0 Å². The number of carboxylic acids is 1. The smallest absolute Gasteiger partial charge is 0.307 e. The summed E-state index contributed by atoms with van der Waals surface area (Å²) in [7, 11) is 0. The first-order valence-electron chi connectivity index (χ1n) is 8.90. The van der Waals surface area contributed by atoms with Crippen molar-refractivity contribution in [3.63, 3.8) is 0 Å². The fraction of sp³-hybridized carbons (Fsp3) is 0.450. The number of benzene rings is 1. The Bertz CT molecular complexity index is 771. The summed E-state index contributed by atoms with van der Waals surface area (Å²) in [5, 5.41) is 9.40. The molecular weight excluding hydrogens is 348 g/mol. The van der Waals surface area contributed by atoms with Crippen molar-refractivity contribution in [3.05, 3.63) is 41.0 Å². The number of ether oxygens (including phenoxy) is 1. The number of carbonyl (C=O) groups excluding carboxylic acids is 2. The van der Waals surface area contributed by atoms with Crippen molar-refractivity contribution in [1.82, 2.24) is 10.9 Å². The number of allylic oxidation sites excluding steroid dienone is 2. The van der Waals surface area contributed by atoms with Gasteiger partial charge in [0.15, 0.2) is 6.10 Å². The quantitative estimate of drug-likeness (QED) is 0.542. The lowest BCUT2D eigenvalue weighted by Gasteiger charge is -2.29. The van der Waals surface area contributed by atoms with Crippen molar-refractivity contribution in [2.75, 3.05) is 0 Å². The zero-order valence-electron chi connectivity index (χ0n) is 16.0. The molecular formula is C20H26N2O5. The van der Waals surface area contributed by atoms with Gasteiger partial charge in [-0.25, -0.2) is 0 Å². The van der Waals surface area contributed by atoms with Crippen LogP contribution in [0.2, 0.25) is 0 Å². The Balaban J connectivity index is 1.93. The maximum Gasteiger partial charge on any atom is 0.307 e. The van der Waals surface area contributed by atoms with Gasteiger partial charge in [-0.2, -0.15) is 0 Å². The van der Waals surface area contributed by atoms with E-state index in [1.54, 1.807) is 19.1 Å². The van der Waals surface area contributed by atoms with Gasteiger partial charge in [0.05, 0.1) is 11.8 Å². The third kappa shape index (κ3) is 5.32. The van der Waals surface area contributed by atoms with Crippen molar-refractivity contribution >= 4 is 17.8 Å². The molecule has 3 atom stereocenters. The van der Waals surface area contributed by atoms with E-state index in [4.69, 9.17) is 4.74 Å². The molecule has 1 aliphatic carbocycles. The minimum absolute atomic E-state index is 0.333. The van der Waals surface area contributed by atoms with E-state index < -0.39 is 35.7 Å². The van der Waals surface area contributed by atoms with E-state index in [-0.39, 0.29) is 0 Å². The molecule has 0 unspecified atom stereocenters. The zero-order valence-corrected chi connectivity index (χ0v) is 16.0. The zero-order chi connectivity index (χ0) is 20.1. The van der Waals surface area contributed by atoms with E-state index in [9.17, 15) is 19.5 Å². The highest BCUT2D eigenvalue weighted by atomic mass is 16.5. The van der Waals surface area contributed by atoms with Crippen LogP contribution in [0.1, 0.15) is 39.2 Å². The maximum absolute atomic E-state index is 12.4. The minimum Gasteiger partial charge on any atom is -0.481 e. The molecule has 0 aromatic heterocycles. The molecule has 27 heavy (non-hydrogen) atoms. The lowest BCUT2D eigenvalue weighted by atomic mass is 9.76. The molecule has 0 bridgehead atoms. The fourth-order valence-corrected chi connectivity index (χ4v) is 3.09. The molecule has 0 saturated heterocycles. The Morgan fingerprint density at radius 2 is 1.70 bits per heavy atom. The van der Waals surface area contributed by atoms with Crippen molar-refractivity contribution in [1.29, 1.82) is 0 Å². The number of hydrogen-bond acceptors (Lipinski definition) is 4. The van der Waals surface area contributed by atoms with Crippen molar-refractivity contribution in [3.8, 4) is 5.75 Å². The lowest BCUT2D eigenvalue weighted by molar-refractivity contribution is -0.148. The van der Waals surface area contributed by atoms with E-state index >= 15 is 0 Å². The van der Waals surface area contributed by atoms with Crippen molar-refractivity contribution < 1.29 is 24.2 Å². The van der Waals surface area contributed by atoms with Crippen LogP contribution < -0.4 is 15.6 Å². The van der Waals surface area contributed by atoms with Gasteiger partial charge < -0.3 is 9.84 Å². The molecule has 146 valence electrons. The molecule has 0 aliphatic heterocycles. The minimum atomic E-state index is -1.01. The summed E-state index contributed by atoms with van der Waals surface area (Å²) >= 11 is 0. The molecule has 0 spiro atoms. The molecule has 1 aromatic rings. The summed E-state index contributed by atoms with van der Waals surface area (Å²) in [5.74, 6) is -3.00. The summed E-state index contributed by atoms with van der Waals surface area (Å²) in [6, 6.07) is 7.29. The molecule has 0 saturated carbocycles. The van der Waals surface area contributed by atoms with Crippen molar-refractivity contribution in [2.45, 2.75) is 46.6 Å². The number of rotatable bonds is 5. The summed E-state index contributed by atoms with van der Waals surface area (Å²) in [4.78, 5) is 36.1. The highest BCUT2D eigenvalue weighted by Gasteiger charge is 2.37. The Labute approximate surface area is 158 Å². The molecule has 3 N–H and O–H groups in total. The number of carbonyl (C=O) groups is 3. The van der Waals surface area contributed by atoms with Gasteiger partial charge in [-0.1, -0.05) is 23.3 Å². The normalized spacial score (nSPS) is 20.6. The third-order valence-corrected chi connectivity index (χ3v) is 4.90. The highest BCUT2D eigenvalue weighted by Crippen LogP contribution is 2.34. The largest absolute Gasteiger partial charge is 0.481 e. The van der Waals surface area contributed by atoms with Crippen LogP contribution in [-0.4, -0.2) is 29.0 Å². The van der Waals surface area contributed by atoms with Crippen LogP contribution >= 0.6 is 0 Å². The van der Waals surface area contributed by atoms with Crippen LogP contribution in [0.15, 0.2) is 35.4 Å². The number of aliphatic carboxylic acids is 1. The lowest BCUT2D eigenvalue weighted by Crippen LogP contribution is -2.51. The Morgan fingerprint density at radius 1 is 1.07 bits per heavy atom. The predicted octanol–water partition coefficient (Wildman–Crippen LogP) is 2.36. The molecule has 0 fully saturated rings. The number of nitrogens with one attached hydrogen (secondary N) is 2. The number of carboxylic acid groups (broad SMARTS) is 1. The molecule has 1 aliphatic rings. The SMILES string of the molecule is CC1=C(C)C[C@@H](C(=O)O)[C@@H](C(=O)NNC(=O)[C@@H](C)Oc2cccc(C)c2)C1. The first kappa shape index (κ1) is 20.5. The van der Waals surface area contributed by atoms with Crippen molar-refractivity contribution in [2.24, 2.45) is 11.8 Å². The van der Waals surface area contributed by atoms with E-state index in [2.05, 4.69) is 10.9 Å². The summed E-state index contributed by atoms with van der Waals surface area (Å²) < 4.78 is 5.56. The van der Waals surface area contributed by atoms with E-state index in [1.807, 2.05) is 32.9 Å². The average molecular weight is 374 g/mol. The highest BCUT2D eigenvalue weighted by molar-refractivity contribution is 5.88. The second kappa shape index (κ2) is 8.70. The Kier molecular flexibility index (Phi) is 6.60. The maximum atomic E-state index is 12.4. The summed E-state index contributed by atoms with van der Waals surface area (Å²) in [6.45, 7) is 7.26. The number of aryl methyl sites for hydroxylation is 1. The summed E-state index contributed by atoms with van der Waals surface area (Å²) in [6.07, 6.45) is -0.127. The molecule has 1 aromatic carbocycles. The van der Waals surface area contributed by atoms with Crippen LogP contribution in [0.5, 0.6) is 5.75 Å². The van der Waals surface area contributed by atoms with Crippen LogP contribution in [0.25, 0.3) is 0 Å². The second-order valence-electron chi connectivity index (χ2n) is 7.08. The topological polar surface area (TPSA) is 105 Å². The van der Waals surface area contributed by atoms with Crippen LogP contribution in [0.4, 0.5) is 0 Å². The molecule has 0 radical (unpaired) electrons. The van der Waals surface area contributed by atoms with Gasteiger partial charge in [0, 0.05) is 0 Å². The van der Waals surface area contributed by atoms with Crippen LogP contribution in [0.3, 0.4) is 0 Å². The monoisotopic (exact) mass is 374 g/mol. The van der Waals surface area contributed by atoms with Gasteiger partial charge in [-0.3, -0.25) is 25.2 Å². The Morgan fingerprint density at radius 3 is 2.30 bits per heavy atom. The molecule has 2 rings (SSSR count). The predicted molar refractivity (Wildman–Crippen MR) is 99.8 cm³/mol. The molecule has 7 heteroatoms. The number of amides is 2. The van der Waals surface area contributed by atoms with E-state index in [0.29, 0.717) is 18.6 Å². The summed E-state index contributed by atoms with van der Waals surface area (Å²) in [5.41, 5.74) is 7.68. The van der Waals surface area contributed by atoms with Gasteiger partial charge in [0.1, 0.15) is 5.75 Å². The van der Waals surface area contributed by atoms with Crippen LogP contribution in [-0.2, 0) is 14.4 Å². The van der Waals surface area contributed by atoms with Gasteiger partial charge in [-0.15, -0.1) is 0 Å². The molecule has 2 amide bonds. The average Bonchev–Trinajstić information content (AvgIpc) is 2.61. The molecule has 0 heterocycles. The van der Waals surface area contributed by atoms with Crippen LogP contribution in [0, 0.1) is 18.8 Å². The first-order valence-corrected chi connectivity index (χ1v) is 8.90. The van der Waals surface area contributed by atoms with Gasteiger partial charge in [0.25, 0.3) is 5.91 Å². The standard InChI is InChI=1S/C20H26N2O5/c1-11-6-5-7-15(8-11)27-14(4)18(23)21-22-19(24)16-9-12(2)13(3)10-17(16)20(25)26/h5-8,14,16-17H,9-10H2,1-4H3,(H,21,23)(H,22,24)(H,25,26)/t14-,16+,17-/m1/s1. The van der Waals surface area contributed by atoms with Gasteiger partial charge in [-0.05, 0) is 58.2 Å². The van der Waals surface area contributed by atoms with Gasteiger partial charge >= 0.3 is 5.97 Å². The number of hydrogen-bond donors (Lipinski definition) is 3. The fourth-order valence-electron chi connectivity index (χ4n) is 3.09. The molecule has 7 nitrogen and oxygen atoms in total. The first-order chi connectivity index (χ1) is 12.7. The second-order valence-corrected chi connectivity index (χ2v) is 7.08.